The molecule has 0 fully saturated rings. The lowest BCUT2D eigenvalue weighted by molar-refractivity contribution is 0.379. The zero-order chi connectivity index (χ0) is 12.5. The Hall–Kier alpha value is -2.44. The van der Waals surface area contributed by atoms with Crippen molar-refractivity contribution in [2.24, 2.45) is 0 Å². The minimum Gasteiger partial charge on any atom is -0.359 e. The van der Waals surface area contributed by atoms with E-state index in [1.165, 1.54) is 0 Å². The third-order valence-corrected chi connectivity index (χ3v) is 2.49. The van der Waals surface area contributed by atoms with Crippen molar-refractivity contribution in [2.75, 3.05) is 5.32 Å². The molecule has 18 heavy (non-hydrogen) atoms. The summed E-state index contributed by atoms with van der Waals surface area (Å²) >= 11 is 0. The van der Waals surface area contributed by atoms with Crippen LogP contribution in [0, 0.1) is 13.8 Å². The maximum atomic E-state index is 5.03. The number of hydrogen-bond acceptors (Lipinski definition) is 6. The van der Waals surface area contributed by atoms with Crippen LogP contribution in [0.5, 0.6) is 0 Å². The number of fused-ring (bicyclic) bond motifs is 1. The highest BCUT2D eigenvalue weighted by Crippen LogP contribution is 2.15. The number of nitrogens with zero attached hydrogens (tertiary/aromatic N) is 5. The van der Waals surface area contributed by atoms with Crippen molar-refractivity contribution in [1.82, 2.24) is 24.7 Å². The van der Waals surface area contributed by atoms with Crippen molar-refractivity contribution < 1.29 is 4.52 Å². The second-order valence-electron chi connectivity index (χ2n) is 3.98. The first-order chi connectivity index (χ1) is 8.72. The molecule has 3 aromatic rings. The van der Waals surface area contributed by atoms with E-state index in [1.807, 2.05) is 19.2 Å². The number of anilines is 1. The summed E-state index contributed by atoms with van der Waals surface area (Å²) in [5, 5.41) is 11.2. The van der Waals surface area contributed by atoms with Crippen molar-refractivity contribution in [3.63, 3.8) is 0 Å². The van der Waals surface area contributed by atoms with Crippen LogP contribution in [0.4, 0.5) is 5.82 Å². The standard InChI is InChI=1S/C11H12N6O/c1-7-5-9-11(12-3-4-17(9)15-7)13-6-10-14-8(2)16-18-10/h3-5H,6H2,1-2H3,(H,12,13). The molecule has 7 nitrogen and oxygen atoms in total. The highest BCUT2D eigenvalue weighted by atomic mass is 16.5. The summed E-state index contributed by atoms with van der Waals surface area (Å²) in [5.74, 6) is 1.90. The van der Waals surface area contributed by atoms with Crippen molar-refractivity contribution in [3.8, 4) is 0 Å². The highest BCUT2D eigenvalue weighted by Gasteiger charge is 2.07. The molecule has 0 aliphatic carbocycles. The molecular formula is C11H12N6O. The summed E-state index contributed by atoms with van der Waals surface area (Å²) in [4.78, 5) is 8.40. The summed E-state index contributed by atoms with van der Waals surface area (Å²) in [7, 11) is 0. The van der Waals surface area contributed by atoms with Gasteiger partial charge in [0.05, 0.1) is 12.2 Å². The van der Waals surface area contributed by atoms with Gasteiger partial charge in [0.25, 0.3) is 0 Å². The number of rotatable bonds is 3. The predicted molar refractivity (Wildman–Crippen MR) is 64.1 cm³/mol. The Balaban J connectivity index is 1.86. The molecule has 0 unspecified atom stereocenters. The second kappa shape index (κ2) is 4.10. The molecular weight excluding hydrogens is 232 g/mol. The first-order valence-corrected chi connectivity index (χ1v) is 5.56. The van der Waals surface area contributed by atoms with Gasteiger partial charge in [0.2, 0.25) is 5.89 Å². The average molecular weight is 244 g/mol. The molecule has 0 saturated carbocycles. The third kappa shape index (κ3) is 1.90. The number of nitrogens with one attached hydrogen (secondary N) is 1. The van der Waals surface area contributed by atoms with Crippen LogP contribution in [0.2, 0.25) is 0 Å². The highest BCUT2D eigenvalue weighted by molar-refractivity contribution is 5.67. The average Bonchev–Trinajstić information content (AvgIpc) is 2.91. The fraction of sp³-hybridized carbons (Fsp3) is 0.273. The first kappa shape index (κ1) is 10.7. The van der Waals surface area contributed by atoms with Gasteiger partial charge in [-0.05, 0) is 19.9 Å². The van der Waals surface area contributed by atoms with Gasteiger partial charge in [-0.3, -0.25) is 0 Å². The molecule has 3 heterocycles. The van der Waals surface area contributed by atoms with Gasteiger partial charge in [-0.25, -0.2) is 9.50 Å². The van der Waals surface area contributed by atoms with Gasteiger partial charge < -0.3 is 9.84 Å². The van der Waals surface area contributed by atoms with Gasteiger partial charge in [0.15, 0.2) is 11.6 Å². The van der Waals surface area contributed by atoms with Gasteiger partial charge in [0.1, 0.15) is 5.52 Å². The van der Waals surface area contributed by atoms with Gasteiger partial charge in [-0.15, -0.1) is 0 Å². The molecule has 3 rings (SSSR count). The van der Waals surface area contributed by atoms with Crippen LogP contribution in [0.25, 0.3) is 5.52 Å². The van der Waals surface area contributed by atoms with Gasteiger partial charge >= 0.3 is 0 Å². The topological polar surface area (TPSA) is 81.1 Å². The third-order valence-electron chi connectivity index (χ3n) is 2.49. The zero-order valence-electron chi connectivity index (χ0n) is 10.1. The van der Waals surface area contributed by atoms with E-state index < -0.39 is 0 Å². The molecule has 92 valence electrons. The van der Waals surface area contributed by atoms with E-state index in [1.54, 1.807) is 17.6 Å². The predicted octanol–water partition coefficient (Wildman–Crippen LogP) is 1.34. The minimum atomic E-state index is 0.442. The Bertz CT molecular complexity index is 686. The Morgan fingerprint density at radius 1 is 1.39 bits per heavy atom. The van der Waals surface area contributed by atoms with Crippen LogP contribution < -0.4 is 5.32 Å². The zero-order valence-corrected chi connectivity index (χ0v) is 10.1. The Morgan fingerprint density at radius 2 is 2.28 bits per heavy atom. The molecule has 3 aromatic heterocycles. The SMILES string of the molecule is Cc1cc2c(NCc3nc(C)no3)nccn2n1. The summed E-state index contributed by atoms with van der Waals surface area (Å²) < 4.78 is 6.81. The summed E-state index contributed by atoms with van der Waals surface area (Å²) in [6.07, 6.45) is 3.51. The van der Waals surface area contributed by atoms with Crippen molar-refractivity contribution in [1.29, 1.82) is 0 Å². The minimum absolute atomic E-state index is 0.442. The summed E-state index contributed by atoms with van der Waals surface area (Å²) in [6.45, 7) is 4.17. The van der Waals surface area contributed by atoms with Crippen LogP contribution in [0.15, 0.2) is 23.0 Å². The van der Waals surface area contributed by atoms with Crippen molar-refractivity contribution in [2.45, 2.75) is 20.4 Å². The van der Waals surface area contributed by atoms with E-state index >= 15 is 0 Å². The normalized spacial score (nSPS) is 11.0. The monoisotopic (exact) mass is 244 g/mol. The molecule has 1 N–H and O–H groups in total. The summed E-state index contributed by atoms with van der Waals surface area (Å²) in [5.41, 5.74) is 1.87. The van der Waals surface area contributed by atoms with Crippen LogP contribution in [0.3, 0.4) is 0 Å². The van der Waals surface area contributed by atoms with E-state index in [0.717, 1.165) is 17.0 Å². The van der Waals surface area contributed by atoms with E-state index in [2.05, 4.69) is 25.5 Å². The fourth-order valence-corrected chi connectivity index (χ4v) is 1.75. The maximum Gasteiger partial charge on any atom is 0.245 e. The van der Waals surface area contributed by atoms with Crippen LogP contribution in [-0.4, -0.2) is 24.7 Å². The lowest BCUT2D eigenvalue weighted by atomic mass is 10.4. The Labute approximate surface area is 103 Å². The molecule has 0 spiro atoms. The molecule has 0 aliphatic heterocycles. The second-order valence-corrected chi connectivity index (χ2v) is 3.98. The van der Waals surface area contributed by atoms with E-state index in [0.29, 0.717) is 18.3 Å². The van der Waals surface area contributed by atoms with Crippen molar-refractivity contribution >= 4 is 11.3 Å². The number of aromatic nitrogens is 5. The van der Waals surface area contributed by atoms with E-state index in [4.69, 9.17) is 4.52 Å². The largest absolute Gasteiger partial charge is 0.359 e. The van der Waals surface area contributed by atoms with Gasteiger partial charge in [-0.1, -0.05) is 5.16 Å². The first-order valence-electron chi connectivity index (χ1n) is 5.56. The molecule has 7 heteroatoms. The Kier molecular flexibility index (Phi) is 2.44. The smallest absolute Gasteiger partial charge is 0.245 e. The molecule has 0 aliphatic rings. The molecule has 0 atom stereocenters. The molecule has 0 saturated heterocycles. The van der Waals surface area contributed by atoms with Gasteiger partial charge in [0, 0.05) is 12.4 Å². The maximum absolute atomic E-state index is 5.03. The Morgan fingerprint density at radius 3 is 3.06 bits per heavy atom. The van der Waals surface area contributed by atoms with E-state index in [9.17, 15) is 0 Å². The van der Waals surface area contributed by atoms with Crippen LogP contribution in [-0.2, 0) is 6.54 Å². The molecule has 0 amide bonds. The quantitative estimate of drug-likeness (QED) is 0.748. The number of hydrogen-bond donors (Lipinski definition) is 1. The van der Waals surface area contributed by atoms with Crippen LogP contribution >= 0.6 is 0 Å². The molecule has 0 radical (unpaired) electrons. The van der Waals surface area contributed by atoms with Crippen molar-refractivity contribution in [3.05, 3.63) is 35.9 Å². The van der Waals surface area contributed by atoms with Gasteiger partial charge in [-0.2, -0.15) is 10.1 Å². The summed E-state index contributed by atoms with van der Waals surface area (Å²) in [6, 6.07) is 1.97. The lowest BCUT2D eigenvalue weighted by Crippen LogP contribution is -2.03. The molecule has 0 aromatic carbocycles. The van der Waals surface area contributed by atoms with E-state index in [-0.39, 0.29) is 0 Å². The lowest BCUT2D eigenvalue weighted by Gasteiger charge is -2.03. The van der Waals surface area contributed by atoms with Crippen LogP contribution in [0.1, 0.15) is 17.4 Å². The number of aryl methyl sites for hydroxylation is 2. The molecule has 0 bridgehead atoms. The fourth-order valence-electron chi connectivity index (χ4n) is 1.75.